The molecule has 0 fully saturated rings. The van der Waals surface area contributed by atoms with Crippen molar-refractivity contribution in [3.05, 3.63) is 72.2 Å². The summed E-state index contributed by atoms with van der Waals surface area (Å²) in [5, 5.41) is 21.4. The fraction of sp³-hybridized carbons (Fsp3) is 0.158. The molecule has 0 unspecified atom stereocenters. The molecule has 0 aliphatic heterocycles. The molecule has 0 aliphatic carbocycles. The quantitative estimate of drug-likeness (QED) is 0.297. The minimum atomic E-state index is -4.02. The van der Waals surface area contributed by atoms with Crippen molar-refractivity contribution in [2.45, 2.75) is 22.1 Å². The Labute approximate surface area is 173 Å². The second kappa shape index (κ2) is 8.33. The summed E-state index contributed by atoms with van der Waals surface area (Å²) in [6.45, 7) is -0.0294. The Morgan fingerprint density at radius 2 is 1.90 bits per heavy atom. The first-order valence-electron chi connectivity index (χ1n) is 8.67. The minimum Gasteiger partial charge on any atom is -0.362 e. The number of hydrogen-bond donors (Lipinski definition) is 3. The average molecular weight is 434 g/mol. The summed E-state index contributed by atoms with van der Waals surface area (Å²) in [4.78, 5) is 0.857. The molecule has 3 aromatic rings. The van der Waals surface area contributed by atoms with Gasteiger partial charge in [0.05, 0.1) is 10.6 Å². The fourth-order valence-corrected chi connectivity index (χ4v) is 4.77. The van der Waals surface area contributed by atoms with Crippen molar-refractivity contribution in [1.82, 2.24) is 9.29 Å². The first-order chi connectivity index (χ1) is 13.6. The second-order valence-electron chi connectivity index (χ2n) is 6.57. The van der Waals surface area contributed by atoms with E-state index in [0.717, 1.165) is 16.7 Å². The van der Waals surface area contributed by atoms with Crippen molar-refractivity contribution in [1.29, 1.82) is 0 Å². The molecule has 0 atom stereocenters. The van der Waals surface area contributed by atoms with E-state index in [-0.39, 0.29) is 22.7 Å². The summed E-state index contributed by atoms with van der Waals surface area (Å²) < 4.78 is 42.1. The second-order valence-corrected chi connectivity index (χ2v) is 9.26. The van der Waals surface area contributed by atoms with Crippen molar-refractivity contribution in [2.75, 3.05) is 6.26 Å². The van der Waals surface area contributed by atoms with Crippen LogP contribution >= 0.6 is 11.8 Å². The lowest BCUT2D eigenvalue weighted by Gasteiger charge is -2.17. The molecular weight excluding hydrogens is 414 g/mol. The minimum absolute atomic E-state index is 0.0294. The van der Waals surface area contributed by atoms with Crippen LogP contribution in [0.5, 0.6) is 0 Å². The molecular formula is C19H20BFN2O4S2. The van der Waals surface area contributed by atoms with Crippen molar-refractivity contribution in [3.8, 4) is 11.3 Å². The number of rotatable bonds is 7. The van der Waals surface area contributed by atoms with E-state index in [0.29, 0.717) is 5.56 Å². The van der Waals surface area contributed by atoms with E-state index < -0.39 is 21.7 Å². The third kappa shape index (κ3) is 4.91. The fourth-order valence-electron chi connectivity index (χ4n) is 2.80. The summed E-state index contributed by atoms with van der Waals surface area (Å²) in [6, 6.07) is 13.9. The molecule has 29 heavy (non-hydrogen) atoms. The molecule has 0 bridgehead atoms. The number of aromatic nitrogens is 1. The zero-order chi connectivity index (χ0) is 21.2. The zero-order valence-corrected chi connectivity index (χ0v) is 17.5. The highest BCUT2D eigenvalue weighted by molar-refractivity contribution is 7.98. The van der Waals surface area contributed by atoms with Crippen LogP contribution in [0, 0.1) is 5.82 Å². The summed E-state index contributed by atoms with van der Waals surface area (Å²) in [5.74, 6) is -2.69. The maximum atomic E-state index is 14.4. The SMILES string of the molecule is BC(O)(O)NCc1cc(-c2ccccc2F)n(S(=O)(=O)c2cccc(SC)c2)c1. The lowest BCUT2D eigenvalue weighted by atomic mass is 10.0. The van der Waals surface area contributed by atoms with E-state index >= 15 is 0 Å². The monoisotopic (exact) mass is 434 g/mol. The number of aliphatic hydroxyl groups is 2. The van der Waals surface area contributed by atoms with Gasteiger partial charge in [-0.2, -0.15) is 0 Å². The Kier molecular flexibility index (Phi) is 6.20. The summed E-state index contributed by atoms with van der Waals surface area (Å²) >= 11 is 1.41. The van der Waals surface area contributed by atoms with E-state index in [1.165, 1.54) is 48.3 Å². The Bertz CT molecular complexity index is 1130. The summed E-state index contributed by atoms with van der Waals surface area (Å²) in [5.41, 5.74) is 0.716. The molecule has 6 nitrogen and oxygen atoms in total. The van der Waals surface area contributed by atoms with Crippen LogP contribution in [-0.2, 0) is 16.6 Å². The molecule has 1 heterocycles. The predicted octanol–water partition coefficient (Wildman–Crippen LogP) is 1.57. The molecule has 0 spiro atoms. The van der Waals surface area contributed by atoms with Crippen molar-refractivity contribution < 1.29 is 23.0 Å². The van der Waals surface area contributed by atoms with Crippen molar-refractivity contribution >= 4 is 29.6 Å². The third-order valence-corrected chi connectivity index (χ3v) is 6.61. The summed E-state index contributed by atoms with van der Waals surface area (Å²) in [7, 11) is -2.87. The van der Waals surface area contributed by atoms with E-state index in [2.05, 4.69) is 5.32 Å². The zero-order valence-electron chi connectivity index (χ0n) is 15.8. The summed E-state index contributed by atoms with van der Waals surface area (Å²) in [6.07, 6.45) is 3.19. The van der Waals surface area contributed by atoms with Crippen LogP contribution in [-0.4, -0.2) is 42.5 Å². The normalized spacial score (nSPS) is 12.3. The van der Waals surface area contributed by atoms with Gasteiger partial charge in [0.25, 0.3) is 10.0 Å². The lowest BCUT2D eigenvalue weighted by molar-refractivity contribution is -0.112. The van der Waals surface area contributed by atoms with Crippen LogP contribution in [0.15, 0.2) is 70.6 Å². The maximum absolute atomic E-state index is 14.4. The molecule has 0 aliphatic rings. The van der Waals surface area contributed by atoms with Gasteiger partial charge in [0, 0.05) is 23.2 Å². The van der Waals surface area contributed by atoms with Gasteiger partial charge in [0.15, 0.2) is 13.7 Å². The first kappa shape index (κ1) is 21.6. The van der Waals surface area contributed by atoms with E-state index in [1.54, 1.807) is 24.3 Å². The van der Waals surface area contributed by atoms with Crippen LogP contribution in [0.3, 0.4) is 0 Å². The van der Waals surface area contributed by atoms with Crippen molar-refractivity contribution in [3.63, 3.8) is 0 Å². The lowest BCUT2D eigenvalue weighted by Crippen LogP contribution is -2.44. The van der Waals surface area contributed by atoms with Crippen LogP contribution < -0.4 is 5.32 Å². The number of hydrogen-bond acceptors (Lipinski definition) is 6. The highest BCUT2D eigenvalue weighted by Gasteiger charge is 2.24. The number of halogens is 1. The van der Waals surface area contributed by atoms with Gasteiger partial charge in [0.2, 0.25) is 0 Å². The highest BCUT2D eigenvalue weighted by atomic mass is 32.2. The number of nitrogens with one attached hydrogen (secondary N) is 1. The molecule has 1 aromatic heterocycles. The van der Waals surface area contributed by atoms with Crippen molar-refractivity contribution in [2.24, 2.45) is 0 Å². The van der Waals surface area contributed by atoms with Crippen LogP contribution in [0.1, 0.15) is 5.56 Å². The predicted molar refractivity (Wildman–Crippen MR) is 113 cm³/mol. The van der Waals surface area contributed by atoms with Gasteiger partial charge in [-0.05, 0) is 48.2 Å². The Balaban J connectivity index is 2.15. The Hall–Kier alpha value is -2.11. The molecule has 0 saturated carbocycles. The Morgan fingerprint density at radius 3 is 2.55 bits per heavy atom. The maximum Gasteiger partial charge on any atom is 0.268 e. The molecule has 0 radical (unpaired) electrons. The molecule has 0 amide bonds. The van der Waals surface area contributed by atoms with Gasteiger partial charge in [-0.15, -0.1) is 11.8 Å². The third-order valence-electron chi connectivity index (χ3n) is 4.22. The Morgan fingerprint density at radius 1 is 1.17 bits per heavy atom. The highest BCUT2D eigenvalue weighted by Crippen LogP contribution is 2.30. The average Bonchev–Trinajstić information content (AvgIpc) is 3.11. The van der Waals surface area contributed by atoms with Crippen LogP contribution in [0.25, 0.3) is 11.3 Å². The van der Waals surface area contributed by atoms with Crippen LogP contribution in [0.2, 0.25) is 0 Å². The molecule has 152 valence electrons. The van der Waals surface area contributed by atoms with Gasteiger partial charge in [-0.25, -0.2) is 16.8 Å². The van der Waals surface area contributed by atoms with Gasteiger partial charge in [-0.1, -0.05) is 18.2 Å². The molecule has 3 N–H and O–H groups in total. The van der Waals surface area contributed by atoms with E-state index in [9.17, 15) is 23.0 Å². The number of thioether (sulfide) groups is 1. The number of nitrogens with zero attached hydrogens (tertiary/aromatic N) is 1. The molecule has 3 rings (SSSR count). The first-order valence-corrected chi connectivity index (χ1v) is 11.3. The molecule has 10 heteroatoms. The smallest absolute Gasteiger partial charge is 0.268 e. The largest absolute Gasteiger partial charge is 0.362 e. The molecule has 2 aromatic carbocycles. The van der Waals surface area contributed by atoms with Gasteiger partial charge in [0.1, 0.15) is 5.82 Å². The van der Waals surface area contributed by atoms with Gasteiger partial charge >= 0.3 is 0 Å². The van der Waals surface area contributed by atoms with Gasteiger partial charge < -0.3 is 10.2 Å². The van der Waals surface area contributed by atoms with Gasteiger partial charge in [-0.3, -0.25) is 5.32 Å². The van der Waals surface area contributed by atoms with E-state index in [4.69, 9.17) is 0 Å². The topological polar surface area (TPSA) is 91.6 Å². The number of benzene rings is 2. The van der Waals surface area contributed by atoms with Crippen LogP contribution in [0.4, 0.5) is 4.39 Å². The van der Waals surface area contributed by atoms with E-state index in [1.807, 2.05) is 6.26 Å². The standard InChI is InChI=1S/C19H20BFN2O4S2/c1-28-14-5-4-6-15(10-14)29(26,27)23-12-13(11-22-19(20,24)25)9-18(23)16-7-2-3-8-17(16)21/h2-10,12,22,24-25H,11,20H2,1H3. The molecule has 0 saturated heterocycles.